The summed E-state index contributed by atoms with van der Waals surface area (Å²) in [6, 6.07) is 2.03. The van der Waals surface area contributed by atoms with Crippen LogP contribution < -0.4 is 5.32 Å². The lowest BCUT2D eigenvalue weighted by atomic mass is 10.2. The summed E-state index contributed by atoms with van der Waals surface area (Å²) >= 11 is 0. The van der Waals surface area contributed by atoms with Crippen LogP contribution in [0.1, 0.15) is 25.8 Å². The fourth-order valence-electron chi connectivity index (χ4n) is 1.24. The van der Waals surface area contributed by atoms with E-state index >= 15 is 0 Å². The smallest absolute Gasteiger partial charge is 0.0934 e. The summed E-state index contributed by atoms with van der Waals surface area (Å²) in [5.74, 6) is 0.744. The number of nitrogens with one attached hydrogen (secondary N) is 1. The maximum absolute atomic E-state index is 4.99. The molecule has 0 saturated heterocycles. The van der Waals surface area contributed by atoms with Gasteiger partial charge in [0.1, 0.15) is 0 Å². The van der Waals surface area contributed by atoms with Gasteiger partial charge < -0.3 is 9.73 Å². The van der Waals surface area contributed by atoms with Crippen molar-refractivity contribution in [2.45, 2.75) is 26.7 Å². The highest BCUT2D eigenvalue weighted by molar-refractivity contribution is 5.04. The molecule has 0 aliphatic heterocycles. The molecule has 1 heterocycles. The Labute approximate surface area is 80.3 Å². The number of hydrogen-bond donors (Lipinski definition) is 1. The molecule has 0 amide bonds. The van der Waals surface area contributed by atoms with E-state index in [-0.39, 0.29) is 0 Å². The van der Waals surface area contributed by atoms with Crippen molar-refractivity contribution in [3.8, 4) is 0 Å². The standard InChI is InChI=1S/C11H19NO/c1-10(2)8-12-6-3-4-11-5-7-13-9-11/h5,7,9-10,12H,3-4,6,8H2,1-2H3. The van der Waals surface area contributed by atoms with E-state index in [9.17, 15) is 0 Å². The summed E-state index contributed by atoms with van der Waals surface area (Å²) in [4.78, 5) is 0. The maximum Gasteiger partial charge on any atom is 0.0934 e. The van der Waals surface area contributed by atoms with Crippen LogP contribution >= 0.6 is 0 Å². The highest BCUT2D eigenvalue weighted by atomic mass is 16.3. The van der Waals surface area contributed by atoms with E-state index in [1.807, 2.05) is 12.3 Å². The summed E-state index contributed by atoms with van der Waals surface area (Å²) in [6.07, 6.45) is 5.85. The molecule has 0 bridgehead atoms. The second-order valence-electron chi connectivity index (χ2n) is 3.83. The molecular formula is C11H19NO. The Morgan fingerprint density at radius 1 is 1.46 bits per heavy atom. The first kappa shape index (κ1) is 10.3. The van der Waals surface area contributed by atoms with Crippen molar-refractivity contribution in [2.75, 3.05) is 13.1 Å². The second kappa shape index (κ2) is 5.81. The Morgan fingerprint density at radius 2 is 2.31 bits per heavy atom. The number of aryl methyl sites for hydroxylation is 1. The first-order valence-corrected chi connectivity index (χ1v) is 5.01. The first-order chi connectivity index (χ1) is 6.29. The largest absolute Gasteiger partial charge is 0.472 e. The van der Waals surface area contributed by atoms with Crippen LogP contribution in [0.3, 0.4) is 0 Å². The van der Waals surface area contributed by atoms with E-state index in [4.69, 9.17) is 4.42 Å². The van der Waals surface area contributed by atoms with E-state index in [1.165, 1.54) is 12.0 Å². The van der Waals surface area contributed by atoms with Crippen molar-refractivity contribution in [1.29, 1.82) is 0 Å². The van der Waals surface area contributed by atoms with E-state index in [2.05, 4.69) is 19.2 Å². The molecular weight excluding hydrogens is 162 g/mol. The van der Waals surface area contributed by atoms with Crippen LogP contribution in [0.5, 0.6) is 0 Å². The van der Waals surface area contributed by atoms with Crippen molar-refractivity contribution in [3.05, 3.63) is 24.2 Å². The topological polar surface area (TPSA) is 25.2 Å². The molecule has 0 radical (unpaired) electrons. The van der Waals surface area contributed by atoms with Crippen LogP contribution in [0, 0.1) is 5.92 Å². The molecule has 74 valence electrons. The van der Waals surface area contributed by atoms with E-state index in [1.54, 1.807) is 6.26 Å². The normalized spacial score (nSPS) is 11.0. The summed E-state index contributed by atoms with van der Waals surface area (Å²) in [5.41, 5.74) is 1.30. The van der Waals surface area contributed by atoms with E-state index in [0.717, 1.165) is 25.4 Å². The summed E-state index contributed by atoms with van der Waals surface area (Å²) in [6.45, 7) is 6.67. The van der Waals surface area contributed by atoms with Gasteiger partial charge in [-0.15, -0.1) is 0 Å². The molecule has 0 aromatic carbocycles. The highest BCUT2D eigenvalue weighted by Crippen LogP contribution is 2.02. The predicted octanol–water partition coefficient (Wildman–Crippen LogP) is 2.46. The molecule has 0 aliphatic carbocycles. The van der Waals surface area contributed by atoms with Crippen molar-refractivity contribution in [1.82, 2.24) is 5.32 Å². The van der Waals surface area contributed by atoms with Crippen molar-refractivity contribution < 1.29 is 4.42 Å². The predicted molar refractivity (Wildman–Crippen MR) is 54.7 cm³/mol. The number of furan rings is 1. The summed E-state index contributed by atoms with van der Waals surface area (Å²) in [7, 11) is 0. The monoisotopic (exact) mass is 181 g/mol. The van der Waals surface area contributed by atoms with Gasteiger partial charge in [0.2, 0.25) is 0 Å². The van der Waals surface area contributed by atoms with Gasteiger partial charge in [-0.2, -0.15) is 0 Å². The average Bonchev–Trinajstić information content (AvgIpc) is 2.55. The highest BCUT2D eigenvalue weighted by Gasteiger charge is 1.95. The fourth-order valence-corrected chi connectivity index (χ4v) is 1.24. The summed E-state index contributed by atoms with van der Waals surface area (Å²) < 4.78 is 4.99. The van der Waals surface area contributed by atoms with Gasteiger partial charge in [0, 0.05) is 0 Å². The molecule has 1 aromatic rings. The number of rotatable bonds is 6. The van der Waals surface area contributed by atoms with Gasteiger partial charge in [-0.25, -0.2) is 0 Å². The van der Waals surface area contributed by atoms with E-state index in [0.29, 0.717) is 0 Å². The van der Waals surface area contributed by atoms with E-state index < -0.39 is 0 Å². The van der Waals surface area contributed by atoms with Gasteiger partial charge in [0.05, 0.1) is 12.5 Å². The van der Waals surface area contributed by atoms with Crippen LogP contribution in [0.4, 0.5) is 0 Å². The van der Waals surface area contributed by atoms with Gasteiger partial charge in [-0.1, -0.05) is 13.8 Å². The van der Waals surface area contributed by atoms with Crippen molar-refractivity contribution in [2.24, 2.45) is 5.92 Å². The fraction of sp³-hybridized carbons (Fsp3) is 0.636. The Kier molecular flexibility index (Phi) is 4.61. The Bertz CT molecular complexity index is 204. The maximum atomic E-state index is 4.99. The van der Waals surface area contributed by atoms with Crippen LogP contribution in [0.25, 0.3) is 0 Å². The van der Waals surface area contributed by atoms with Crippen LogP contribution in [0.2, 0.25) is 0 Å². The molecule has 0 fully saturated rings. The Hall–Kier alpha value is -0.760. The molecule has 1 aromatic heterocycles. The third-order valence-corrected chi connectivity index (χ3v) is 1.95. The van der Waals surface area contributed by atoms with Crippen molar-refractivity contribution in [3.63, 3.8) is 0 Å². The lowest BCUT2D eigenvalue weighted by molar-refractivity contribution is 0.539. The first-order valence-electron chi connectivity index (χ1n) is 5.01. The average molecular weight is 181 g/mol. The van der Waals surface area contributed by atoms with Crippen molar-refractivity contribution >= 4 is 0 Å². The SMILES string of the molecule is CC(C)CNCCCc1ccoc1. The van der Waals surface area contributed by atoms with Gasteiger partial charge in [0.25, 0.3) is 0 Å². The molecule has 2 nitrogen and oxygen atoms in total. The summed E-state index contributed by atoms with van der Waals surface area (Å²) in [5, 5.41) is 3.42. The molecule has 0 atom stereocenters. The molecule has 2 heteroatoms. The zero-order valence-corrected chi connectivity index (χ0v) is 8.55. The molecule has 0 unspecified atom stereocenters. The molecule has 0 aliphatic rings. The molecule has 13 heavy (non-hydrogen) atoms. The van der Waals surface area contributed by atoms with Gasteiger partial charge in [-0.05, 0) is 43.5 Å². The third-order valence-electron chi connectivity index (χ3n) is 1.95. The van der Waals surface area contributed by atoms with Gasteiger partial charge >= 0.3 is 0 Å². The minimum absolute atomic E-state index is 0.744. The quantitative estimate of drug-likeness (QED) is 0.682. The third kappa shape index (κ3) is 4.73. The van der Waals surface area contributed by atoms with Crippen LogP contribution in [0.15, 0.2) is 23.0 Å². The Morgan fingerprint density at radius 3 is 2.92 bits per heavy atom. The van der Waals surface area contributed by atoms with Gasteiger partial charge in [-0.3, -0.25) is 0 Å². The number of hydrogen-bond acceptors (Lipinski definition) is 2. The minimum atomic E-state index is 0.744. The zero-order chi connectivity index (χ0) is 9.52. The lowest BCUT2D eigenvalue weighted by Gasteiger charge is -2.05. The molecule has 1 N–H and O–H groups in total. The minimum Gasteiger partial charge on any atom is -0.472 e. The van der Waals surface area contributed by atoms with Crippen LogP contribution in [-0.2, 0) is 6.42 Å². The molecule has 0 spiro atoms. The van der Waals surface area contributed by atoms with Gasteiger partial charge in [0.15, 0.2) is 0 Å². The Balaban J connectivity index is 1.96. The molecule has 1 rings (SSSR count). The second-order valence-corrected chi connectivity index (χ2v) is 3.83. The zero-order valence-electron chi connectivity index (χ0n) is 8.55. The molecule has 0 saturated carbocycles. The van der Waals surface area contributed by atoms with Crippen LogP contribution in [-0.4, -0.2) is 13.1 Å². The lowest BCUT2D eigenvalue weighted by Crippen LogP contribution is -2.20.